The second-order valence-corrected chi connectivity index (χ2v) is 14.2. The lowest BCUT2D eigenvalue weighted by Gasteiger charge is -2.62. The van der Waals surface area contributed by atoms with Gasteiger partial charge in [0.1, 0.15) is 12.2 Å². The van der Waals surface area contributed by atoms with Crippen LogP contribution in [0.4, 0.5) is 0 Å². The average molecular weight is 478 g/mol. The van der Waals surface area contributed by atoms with Gasteiger partial charge in [-0.1, -0.05) is 40.5 Å². The third-order valence-electron chi connectivity index (χ3n) is 10.7. The monoisotopic (exact) mass is 477 g/mol. The van der Waals surface area contributed by atoms with E-state index in [4.69, 9.17) is 5.11 Å². The number of hydrogen-bond donors (Lipinski definition) is 3. The van der Waals surface area contributed by atoms with E-state index in [-0.39, 0.29) is 16.3 Å². The highest BCUT2D eigenvalue weighted by Crippen LogP contribution is 2.68. The number of rotatable bonds is 5. The Morgan fingerprint density at radius 2 is 1.88 bits per heavy atom. The summed E-state index contributed by atoms with van der Waals surface area (Å²) in [5, 5.41) is 25.7. The normalized spacial score (nSPS) is 42.5. The fraction of sp³-hybridized carbons (Fsp3) is 0.926. The summed E-state index contributed by atoms with van der Waals surface area (Å²) >= 11 is 1.98. The van der Waals surface area contributed by atoms with Crippen LogP contribution < -0.4 is 0 Å². The first kappa shape index (κ1) is 25.5. The number of nitrogens with zero attached hydrogens (tertiary/aromatic N) is 2. The number of aromatic nitrogens is 3. The first-order valence-corrected chi connectivity index (χ1v) is 14.3. The zero-order valence-electron chi connectivity index (χ0n) is 21.5. The van der Waals surface area contributed by atoms with E-state index in [1.54, 1.807) is 6.33 Å². The molecule has 5 nitrogen and oxygen atoms in total. The molecule has 4 fully saturated rings. The second kappa shape index (κ2) is 9.81. The van der Waals surface area contributed by atoms with Crippen molar-refractivity contribution in [1.29, 1.82) is 0 Å². The maximum Gasteiger partial charge on any atom is 0.137 e. The van der Waals surface area contributed by atoms with E-state index < -0.39 is 0 Å². The van der Waals surface area contributed by atoms with Gasteiger partial charge in [0.05, 0.1) is 11.9 Å². The Bertz CT molecular complexity index is 771. The van der Waals surface area contributed by atoms with Gasteiger partial charge in [-0.15, -0.1) is 11.8 Å². The summed E-state index contributed by atoms with van der Waals surface area (Å²) in [6, 6.07) is 0. The van der Waals surface area contributed by atoms with Crippen LogP contribution in [0.5, 0.6) is 0 Å². The summed E-state index contributed by atoms with van der Waals surface area (Å²) in [6.45, 7) is 9.86. The summed E-state index contributed by atoms with van der Waals surface area (Å²) in [4.78, 5) is 4.30. The molecule has 8 unspecified atom stereocenters. The van der Waals surface area contributed by atoms with E-state index in [0.29, 0.717) is 11.3 Å². The lowest BCUT2D eigenvalue weighted by atomic mass is 9.44. The van der Waals surface area contributed by atoms with Crippen LogP contribution in [0.3, 0.4) is 0 Å². The molecule has 4 saturated carbocycles. The number of aromatic amines is 1. The summed E-state index contributed by atoms with van der Waals surface area (Å²) < 4.78 is 0.179. The maximum atomic E-state index is 11.7. The lowest BCUT2D eigenvalue weighted by molar-refractivity contribution is -0.164. The number of nitrogens with one attached hydrogen (secondary N) is 1. The van der Waals surface area contributed by atoms with E-state index in [0.717, 1.165) is 48.8 Å². The number of H-pyrrole nitrogens is 1. The summed E-state index contributed by atoms with van der Waals surface area (Å²) in [5.41, 5.74) is 0.594. The van der Waals surface area contributed by atoms with Crippen LogP contribution in [0.15, 0.2) is 6.33 Å². The second-order valence-electron chi connectivity index (χ2n) is 12.5. The van der Waals surface area contributed by atoms with Crippen molar-refractivity contribution in [3.8, 4) is 0 Å². The van der Waals surface area contributed by atoms with E-state index >= 15 is 0 Å². The Balaban J connectivity index is 0.00000126. The van der Waals surface area contributed by atoms with Gasteiger partial charge in [0.15, 0.2) is 0 Å². The van der Waals surface area contributed by atoms with Gasteiger partial charge in [-0.25, -0.2) is 4.98 Å². The van der Waals surface area contributed by atoms with Gasteiger partial charge in [0.25, 0.3) is 0 Å². The van der Waals surface area contributed by atoms with Crippen molar-refractivity contribution in [2.24, 2.45) is 40.4 Å². The van der Waals surface area contributed by atoms with Crippen molar-refractivity contribution in [2.75, 3.05) is 7.11 Å². The maximum absolute atomic E-state index is 11.7. The van der Waals surface area contributed by atoms with E-state index in [9.17, 15) is 5.11 Å². The van der Waals surface area contributed by atoms with Crippen molar-refractivity contribution in [2.45, 2.75) is 109 Å². The predicted octanol–water partition coefficient (Wildman–Crippen LogP) is 5.83. The highest BCUT2D eigenvalue weighted by atomic mass is 32.2. The molecule has 0 bridgehead atoms. The Labute approximate surface area is 205 Å². The van der Waals surface area contributed by atoms with Crippen molar-refractivity contribution in [3.05, 3.63) is 12.2 Å². The molecule has 0 aromatic carbocycles. The van der Waals surface area contributed by atoms with Gasteiger partial charge in [-0.05, 0) is 91.8 Å². The molecule has 188 valence electrons. The average Bonchev–Trinajstić information content (AvgIpc) is 3.43. The SMILES string of the molecule is CC(C)(CC1CCC2C3CCC4CCCCC4(C)C3CC(O)C12C)SCc1ncn[nH]1.CO. The minimum absolute atomic E-state index is 0.100. The minimum Gasteiger partial charge on any atom is -0.400 e. The van der Waals surface area contributed by atoms with Gasteiger partial charge >= 0.3 is 0 Å². The van der Waals surface area contributed by atoms with Crippen LogP contribution in [0.1, 0.15) is 97.7 Å². The molecule has 0 radical (unpaired) electrons. The molecule has 4 aliphatic carbocycles. The highest BCUT2D eigenvalue weighted by molar-refractivity contribution is 7.99. The van der Waals surface area contributed by atoms with Crippen molar-refractivity contribution >= 4 is 11.8 Å². The molecule has 1 aromatic rings. The van der Waals surface area contributed by atoms with Gasteiger partial charge in [-0.2, -0.15) is 5.10 Å². The lowest BCUT2D eigenvalue weighted by Crippen LogP contribution is -2.58. The smallest absolute Gasteiger partial charge is 0.137 e. The third-order valence-corrected chi connectivity index (χ3v) is 12.0. The van der Waals surface area contributed by atoms with Gasteiger partial charge < -0.3 is 10.2 Å². The van der Waals surface area contributed by atoms with Crippen LogP contribution >= 0.6 is 11.8 Å². The summed E-state index contributed by atoms with van der Waals surface area (Å²) in [7, 11) is 1.00. The number of fused-ring (bicyclic) bond motifs is 5. The fourth-order valence-corrected chi connectivity index (χ4v) is 9.92. The molecule has 6 heteroatoms. The summed E-state index contributed by atoms with van der Waals surface area (Å²) in [6.07, 6.45) is 14.9. The molecular weight excluding hydrogens is 430 g/mol. The Hall–Kier alpha value is -0.590. The zero-order chi connectivity index (χ0) is 23.9. The van der Waals surface area contributed by atoms with E-state index in [1.807, 2.05) is 11.8 Å². The molecule has 33 heavy (non-hydrogen) atoms. The Morgan fingerprint density at radius 3 is 2.61 bits per heavy atom. The molecule has 0 spiro atoms. The Morgan fingerprint density at radius 1 is 1.09 bits per heavy atom. The molecular formula is C27H47N3O2S. The van der Waals surface area contributed by atoms with Crippen molar-refractivity contribution in [1.82, 2.24) is 15.2 Å². The molecule has 0 aliphatic heterocycles. The number of aliphatic hydroxyl groups excluding tert-OH is 2. The van der Waals surface area contributed by atoms with Crippen LogP contribution in [-0.2, 0) is 5.75 Å². The molecule has 0 saturated heterocycles. The van der Waals surface area contributed by atoms with Gasteiger partial charge in [0, 0.05) is 11.9 Å². The molecule has 0 amide bonds. The van der Waals surface area contributed by atoms with Crippen LogP contribution in [-0.4, -0.2) is 43.4 Å². The van der Waals surface area contributed by atoms with E-state index in [2.05, 4.69) is 42.9 Å². The summed E-state index contributed by atoms with van der Waals surface area (Å²) in [5.74, 6) is 5.72. The predicted molar refractivity (Wildman–Crippen MR) is 136 cm³/mol. The Kier molecular flexibility index (Phi) is 7.58. The third kappa shape index (κ3) is 4.53. The largest absolute Gasteiger partial charge is 0.400 e. The number of aliphatic hydroxyl groups is 2. The van der Waals surface area contributed by atoms with E-state index in [1.165, 1.54) is 57.8 Å². The molecule has 4 aliphatic rings. The number of hydrogen-bond acceptors (Lipinski definition) is 5. The van der Waals surface area contributed by atoms with Crippen molar-refractivity contribution in [3.63, 3.8) is 0 Å². The topological polar surface area (TPSA) is 82.0 Å². The standard InChI is InChI=1S/C26H43N3OS.CH4O/c1-24(2,31-15-23-27-16-28-29-23)14-18-9-11-20-19-10-8-17-7-5-6-12-25(17,3)21(19)13-22(30)26(18,20)4;1-2/h16-22,30H,5-15H2,1-4H3,(H,27,28,29);2H,1H3. The minimum atomic E-state index is -0.126. The van der Waals surface area contributed by atoms with Crippen LogP contribution in [0, 0.1) is 40.4 Å². The van der Waals surface area contributed by atoms with Gasteiger partial charge in [-0.3, -0.25) is 5.10 Å². The zero-order valence-corrected chi connectivity index (χ0v) is 22.3. The first-order chi connectivity index (χ1) is 15.7. The fourth-order valence-electron chi connectivity index (χ4n) is 8.94. The molecule has 3 N–H and O–H groups in total. The van der Waals surface area contributed by atoms with Crippen molar-refractivity contribution < 1.29 is 10.2 Å². The molecule has 1 aromatic heterocycles. The quantitative estimate of drug-likeness (QED) is 0.497. The van der Waals surface area contributed by atoms with Gasteiger partial charge in [0.2, 0.25) is 0 Å². The molecule has 5 rings (SSSR count). The number of thioether (sulfide) groups is 1. The molecule has 8 atom stereocenters. The first-order valence-electron chi connectivity index (χ1n) is 13.3. The highest BCUT2D eigenvalue weighted by Gasteiger charge is 2.63. The van der Waals surface area contributed by atoms with Crippen LogP contribution in [0.25, 0.3) is 0 Å². The molecule has 1 heterocycles. The van der Waals surface area contributed by atoms with Crippen LogP contribution in [0.2, 0.25) is 0 Å².